The molecular weight excluding hydrogens is 523 g/mol. The van der Waals surface area contributed by atoms with Crippen LogP contribution in [-0.2, 0) is 15.2 Å². The quantitative estimate of drug-likeness (QED) is 0.330. The summed E-state index contributed by atoms with van der Waals surface area (Å²) in [5.74, 6) is -0.131. The average molecular weight is 559 g/mol. The molecule has 0 unspecified atom stereocenters. The van der Waals surface area contributed by atoms with E-state index >= 15 is 4.39 Å². The summed E-state index contributed by atoms with van der Waals surface area (Å²) in [6.45, 7) is 11.9. The summed E-state index contributed by atoms with van der Waals surface area (Å²) in [5.41, 5.74) is 2.38. The molecule has 4 rings (SSSR count). The standard InChI is InChI=1S/C31H35FN6O3/c1-21-17-22(2)27(36-28(39)23(3)20-35-30(34-4)38-13-15-41-16-14-38)18-26(21)29(40)37-11-9-31(32,10-12-37)25-7-5-24(19-33)6-8-25/h5-8,17-18,20H,4,9-16H2,1-3H3,(H,36,39)/b23-20+,35-30?. The third kappa shape index (κ3) is 6.87. The van der Waals surface area contributed by atoms with Crippen LogP contribution in [0.15, 0.2) is 58.2 Å². The van der Waals surface area contributed by atoms with Gasteiger partial charge in [-0.15, -0.1) is 0 Å². The lowest BCUT2D eigenvalue weighted by Crippen LogP contribution is -2.43. The largest absolute Gasteiger partial charge is 0.378 e. The Labute approximate surface area is 240 Å². The lowest BCUT2D eigenvalue weighted by atomic mass is 9.85. The van der Waals surface area contributed by atoms with Crippen molar-refractivity contribution in [2.75, 3.05) is 44.7 Å². The Bertz CT molecular complexity index is 1410. The molecule has 214 valence electrons. The molecule has 2 heterocycles. The molecule has 1 N–H and O–H groups in total. The number of amides is 2. The highest BCUT2D eigenvalue weighted by Crippen LogP contribution is 2.37. The van der Waals surface area contributed by atoms with Gasteiger partial charge in [0.15, 0.2) is 0 Å². The highest BCUT2D eigenvalue weighted by Gasteiger charge is 2.38. The van der Waals surface area contributed by atoms with E-state index in [-0.39, 0.29) is 37.7 Å². The molecule has 0 atom stereocenters. The van der Waals surface area contributed by atoms with Crippen molar-refractivity contribution in [2.24, 2.45) is 9.98 Å². The van der Waals surface area contributed by atoms with E-state index in [0.29, 0.717) is 60.2 Å². The molecule has 2 aromatic carbocycles. The van der Waals surface area contributed by atoms with Crippen LogP contribution in [0.1, 0.15) is 52.4 Å². The Hall–Kier alpha value is -4.36. The molecule has 0 saturated carbocycles. The smallest absolute Gasteiger partial charge is 0.254 e. The number of hydrogen-bond acceptors (Lipinski definition) is 5. The number of anilines is 1. The minimum atomic E-state index is -1.55. The third-order valence-electron chi connectivity index (χ3n) is 7.59. The fourth-order valence-corrected chi connectivity index (χ4v) is 5.00. The number of nitrogens with zero attached hydrogens (tertiary/aromatic N) is 5. The van der Waals surface area contributed by atoms with Crippen LogP contribution in [0.3, 0.4) is 0 Å². The van der Waals surface area contributed by atoms with Crippen molar-refractivity contribution in [1.82, 2.24) is 9.80 Å². The number of hydrogen-bond donors (Lipinski definition) is 1. The van der Waals surface area contributed by atoms with Crippen molar-refractivity contribution >= 4 is 30.2 Å². The highest BCUT2D eigenvalue weighted by atomic mass is 19.1. The number of likely N-dealkylation sites (tertiary alicyclic amines) is 1. The Balaban J connectivity index is 1.44. The molecule has 2 aliphatic rings. The van der Waals surface area contributed by atoms with Gasteiger partial charge in [0, 0.05) is 62.0 Å². The molecule has 10 heteroatoms. The van der Waals surface area contributed by atoms with Gasteiger partial charge in [-0.3, -0.25) is 9.59 Å². The summed E-state index contributed by atoms with van der Waals surface area (Å²) in [6.07, 6.45) is 1.78. The molecule has 2 amide bonds. The van der Waals surface area contributed by atoms with Crippen LogP contribution < -0.4 is 5.32 Å². The number of nitriles is 1. The number of aryl methyl sites for hydroxylation is 2. The summed E-state index contributed by atoms with van der Waals surface area (Å²) in [7, 11) is 0. The van der Waals surface area contributed by atoms with Gasteiger partial charge in [-0.2, -0.15) is 5.26 Å². The number of nitrogens with one attached hydrogen (secondary N) is 1. The number of guanidine groups is 1. The van der Waals surface area contributed by atoms with Crippen LogP contribution in [0.25, 0.3) is 0 Å². The lowest BCUT2D eigenvalue weighted by Gasteiger charge is -2.37. The zero-order valence-electron chi connectivity index (χ0n) is 23.7. The normalized spacial score (nSPS) is 17.5. The zero-order chi connectivity index (χ0) is 29.6. The van der Waals surface area contributed by atoms with Crippen molar-refractivity contribution in [3.05, 3.63) is 76.0 Å². The first-order chi connectivity index (χ1) is 19.6. The lowest BCUT2D eigenvalue weighted by molar-refractivity contribution is -0.112. The maximum absolute atomic E-state index is 15.7. The van der Waals surface area contributed by atoms with E-state index in [0.717, 1.165) is 11.1 Å². The van der Waals surface area contributed by atoms with Gasteiger partial charge in [0.25, 0.3) is 11.8 Å². The molecule has 0 radical (unpaired) electrons. The number of carbonyl (C=O) groups is 2. The average Bonchev–Trinajstić information content (AvgIpc) is 2.99. The number of alkyl halides is 1. The molecule has 0 aromatic heterocycles. The minimum Gasteiger partial charge on any atom is -0.378 e. The molecule has 2 aliphatic heterocycles. The molecule has 2 saturated heterocycles. The second-order valence-electron chi connectivity index (χ2n) is 10.4. The summed E-state index contributed by atoms with van der Waals surface area (Å²) in [4.78, 5) is 38.4. The van der Waals surface area contributed by atoms with Gasteiger partial charge < -0.3 is 19.9 Å². The number of rotatable bonds is 5. The Kier molecular flexibility index (Phi) is 9.30. The van der Waals surface area contributed by atoms with Crippen LogP contribution >= 0.6 is 0 Å². The summed E-state index contributed by atoms with van der Waals surface area (Å²) < 4.78 is 21.1. The van der Waals surface area contributed by atoms with Crippen LogP contribution in [-0.4, -0.2) is 73.7 Å². The maximum atomic E-state index is 15.7. The number of carbonyl (C=O) groups excluding carboxylic acids is 2. The summed E-state index contributed by atoms with van der Waals surface area (Å²) >= 11 is 0. The molecule has 0 aliphatic carbocycles. The third-order valence-corrected chi connectivity index (χ3v) is 7.59. The van der Waals surface area contributed by atoms with Crippen LogP contribution in [0, 0.1) is 25.2 Å². The van der Waals surface area contributed by atoms with Crippen molar-refractivity contribution in [1.29, 1.82) is 5.26 Å². The predicted octanol–water partition coefficient (Wildman–Crippen LogP) is 4.51. The van der Waals surface area contributed by atoms with Crippen molar-refractivity contribution < 1.29 is 18.7 Å². The van der Waals surface area contributed by atoms with Crippen LogP contribution in [0.4, 0.5) is 10.1 Å². The highest BCUT2D eigenvalue weighted by molar-refractivity contribution is 6.05. The van der Waals surface area contributed by atoms with E-state index < -0.39 is 5.67 Å². The number of ether oxygens (including phenoxy) is 1. The van der Waals surface area contributed by atoms with Crippen molar-refractivity contribution in [3.8, 4) is 6.07 Å². The van der Waals surface area contributed by atoms with E-state index in [1.54, 1.807) is 42.2 Å². The number of aliphatic imine (C=N–C) groups is 2. The van der Waals surface area contributed by atoms with Crippen LogP contribution in [0.5, 0.6) is 0 Å². The van der Waals surface area contributed by atoms with E-state index in [4.69, 9.17) is 10.00 Å². The first-order valence-corrected chi connectivity index (χ1v) is 13.6. The van der Waals surface area contributed by atoms with Gasteiger partial charge in [0.05, 0.1) is 24.8 Å². The van der Waals surface area contributed by atoms with Gasteiger partial charge in [-0.1, -0.05) is 18.2 Å². The molecule has 2 aromatic rings. The van der Waals surface area contributed by atoms with Crippen LogP contribution in [0.2, 0.25) is 0 Å². The second-order valence-corrected chi connectivity index (χ2v) is 10.4. The topological polar surface area (TPSA) is 110 Å². The fourth-order valence-electron chi connectivity index (χ4n) is 5.00. The van der Waals surface area contributed by atoms with Gasteiger partial charge in [-0.05, 0) is 62.4 Å². The van der Waals surface area contributed by atoms with Gasteiger partial charge in [0.1, 0.15) is 5.67 Å². The summed E-state index contributed by atoms with van der Waals surface area (Å²) in [6, 6.07) is 12.1. The predicted molar refractivity (Wildman–Crippen MR) is 157 cm³/mol. The SMILES string of the molecule is C=NC(=N/C=C(\C)C(=O)Nc1cc(C(=O)N2CCC(F)(c3ccc(C#N)cc3)CC2)c(C)cc1C)N1CCOCC1. The fraction of sp³-hybridized carbons (Fsp3) is 0.387. The molecule has 41 heavy (non-hydrogen) atoms. The minimum absolute atomic E-state index is 0.162. The summed E-state index contributed by atoms with van der Waals surface area (Å²) in [5, 5.41) is 11.9. The van der Waals surface area contributed by atoms with Gasteiger partial charge in [0.2, 0.25) is 5.96 Å². The second kappa shape index (κ2) is 12.9. The van der Waals surface area contributed by atoms with E-state index in [1.165, 1.54) is 6.20 Å². The molecule has 0 bridgehead atoms. The number of piperidine rings is 1. The Morgan fingerprint density at radius 3 is 2.34 bits per heavy atom. The monoisotopic (exact) mass is 558 g/mol. The molecule has 9 nitrogen and oxygen atoms in total. The van der Waals surface area contributed by atoms with Crippen molar-refractivity contribution in [3.63, 3.8) is 0 Å². The number of morpholine rings is 1. The van der Waals surface area contributed by atoms with E-state index in [9.17, 15) is 9.59 Å². The molecule has 2 fully saturated rings. The number of halogens is 1. The Morgan fingerprint density at radius 2 is 1.73 bits per heavy atom. The van der Waals surface area contributed by atoms with Crippen molar-refractivity contribution in [2.45, 2.75) is 39.3 Å². The van der Waals surface area contributed by atoms with E-state index in [1.807, 2.05) is 30.9 Å². The van der Waals surface area contributed by atoms with Gasteiger partial charge >= 0.3 is 0 Å². The van der Waals surface area contributed by atoms with E-state index in [2.05, 4.69) is 22.0 Å². The Morgan fingerprint density at radius 1 is 1.07 bits per heavy atom. The number of benzene rings is 2. The van der Waals surface area contributed by atoms with Gasteiger partial charge in [-0.25, -0.2) is 14.4 Å². The maximum Gasteiger partial charge on any atom is 0.254 e. The first-order valence-electron chi connectivity index (χ1n) is 13.6. The molecule has 0 spiro atoms. The molecular formula is C31H35FN6O3. The first kappa shape index (κ1) is 29.6. The zero-order valence-corrected chi connectivity index (χ0v) is 23.7.